The summed E-state index contributed by atoms with van der Waals surface area (Å²) in [6.45, 7) is 3.51. The number of amides is 2. The van der Waals surface area contributed by atoms with E-state index in [0.717, 1.165) is 56.4 Å². The molecule has 0 unspecified atom stereocenters. The third-order valence-corrected chi connectivity index (χ3v) is 6.45. The predicted octanol–water partition coefficient (Wildman–Crippen LogP) is 4.83. The molecule has 1 heterocycles. The van der Waals surface area contributed by atoms with Crippen LogP contribution in [0.25, 0.3) is 0 Å². The van der Waals surface area contributed by atoms with Crippen LogP contribution in [0.2, 0.25) is 0 Å². The summed E-state index contributed by atoms with van der Waals surface area (Å²) in [5.74, 6) is 0.510. The second-order valence-corrected chi connectivity index (χ2v) is 8.19. The second-order valence-electron chi connectivity index (χ2n) is 8.19. The zero-order valence-corrected chi connectivity index (χ0v) is 17.2. The minimum atomic E-state index is 0.0212. The van der Waals surface area contributed by atoms with E-state index in [-0.39, 0.29) is 23.7 Å². The van der Waals surface area contributed by atoms with Crippen LogP contribution in [0.1, 0.15) is 44.6 Å². The number of hydrogen-bond acceptors (Lipinski definition) is 2. The number of aryl methyl sites for hydroxylation is 1. The van der Waals surface area contributed by atoms with Gasteiger partial charge in [0.2, 0.25) is 11.8 Å². The maximum Gasteiger partial charge on any atom is 0.230 e. The second kappa shape index (κ2) is 8.81. The minimum absolute atomic E-state index is 0.0212. The van der Waals surface area contributed by atoms with Crippen LogP contribution in [0.4, 0.5) is 11.4 Å². The third-order valence-electron chi connectivity index (χ3n) is 6.45. The van der Waals surface area contributed by atoms with Crippen LogP contribution in [0.15, 0.2) is 54.6 Å². The van der Waals surface area contributed by atoms with E-state index >= 15 is 0 Å². The van der Waals surface area contributed by atoms with E-state index in [9.17, 15) is 9.59 Å². The van der Waals surface area contributed by atoms with E-state index < -0.39 is 0 Å². The van der Waals surface area contributed by atoms with Crippen molar-refractivity contribution in [3.63, 3.8) is 0 Å². The molecule has 152 valence electrons. The van der Waals surface area contributed by atoms with Gasteiger partial charge in [0.05, 0.1) is 0 Å². The van der Waals surface area contributed by atoms with Crippen molar-refractivity contribution in [1.82, 2.24) is 0 Å². The van der Waals surface area contributed by atoms with Crippen molar-refractivity contribution in [2.45, 2.75) is 45.4 Å². The molecule has 2 amide bonds. The van der Waals surface area contributed by atoms with Gasteiger partial charge in [0.25, 0.3) is 0 Å². The van der Waals surface area contributed by atoms with E-state index in [4.69, 9.17) is 0 Å². The fraction of sp³-hybridized carbons (Fsp3) is 0.440. The number of para-hydroxylation sites is 2. The standard InChI is InChI=1S/C25H30N2O2/c1-2-26(22-11-4-3-5-12-22)24(28)20-14-16-21(17-15-20)25(29)27-18-8-10-19-9-6-7-13-23(19)27/h3-7,9,11-13,20-21H,2,8,10,14-18H2,1H3. The maximum absolute atomic E-state index is 13.2. The first kappa shape index (κ1) is 19.7. The van der Waals surface area contributed by atoms with Gasteiger partial charge in [-0.15, -0.1) is 0 Å². The van der Waals surface area contributed by atoms with Gasteiger partial charge in [-0.05, 0) is 69.2 Å². The van der Waals surface area contributed by atoms with Gasteiger partial charge in [-0.3, -0.25) is 9.59 Å². The Morgan fingerprint density at radius 3 is 2.31 bits per heavy atom. The molecule has 0 N–H and O–H groups in total. The van der Waals surface area contributed by atoms with E-state index in [1.807, 2.05) is 53.1 Å². The first-order valence-corrected chi connectivity index (χ1v) is 10.9. The number of carbonyl (C=O) groups is 2. The Kier molecular flexibility index (Phi) is 5.98. The van der Waals surface area contributed by atoms with Crippen LogP contribution in [-0.2, 0) is 16.0 Å². The zero-order chi connectivity index (χ0) is 20.2. The normalized spacial score (nSPS) is 21.3. The Labute approximate surface area is 173 Å². The molecule has 0 radical (unpaired) electrons. The predicted molar refractivity (Wildman–Crippen MR) is 117 cm³/mol. The molecule has 1 fully saturated rings. The van der Waals surface area contributed by atoms with E-state index in [1.165, 1.54) is 5.56 Å². The van der Waals surface area contributed by atoms with Crippen molar-refractivity contribution in [2.75, 3.05) is 22.9 Å². The van der Waals surface area contributed by atoms with Gasteiger partial charge in [-0.2, -0.15) is 0 Å². The lowest BCUT2D eigenvalue weighted by atomic mass is 9.80. The summed E-state index contributed by atoms with van der Waals surface area (Å²) in [5, 5.41) is 0. The number of carbonyl (C=O) groups excluding carboxylic acids is 2. The van der Waals surface area contributed by atoms with Gasteiger partial charge in [0.15, 0.2) is 0 Å². The molecule has 1 aliphatic carbocycles. The highest BCUT2D eigenvalue weighted by Gasteiger charge is 2.35. The SMILES string of the molecule is CCN(C(=O)C1CCC(C(=O)N2CCCc3ccccc32)CC1)c1ccccc1. The van der Waals surface area contributed by atoms with Crippen LogP contribution in [0, 0.1) is 11.8 Å². The van der Waals surface area contributed by atoms with Crippen LogP contribution >= 0.6 is 0 Å². The van der Waals surface area contributed by atoms with Gasteiger partial charge in [-0.1, -0.05) is 36.4 Å². The van der Waals surface area contributed by atoms with Gasteiger partial charge < -0.3 is 9.80 Å². The molecular formula is C25H30N2O2. The monoisotopic (exact) mass is 390 g/mol. The summed E-state index contributed by atoms with van der Waals surface area (Å²) in [6, 6.07) is 18.2. The highest BCUT2D eigenvalue weighted by molar-refractivity contribution is 5.97. The Bertz CT molecular complexity index is 856. The van der Waals surface area contributed by atoms with Gasteiger partial charge in [0.1, 0.15) is 0 Å². The Morgan fingerprint density at radius 2 is 1.59 bits per heavy atom. The summed E-state index contributed by atoms with van der Waals surface area (Å²) < 4.78 is 0. The molecule has 4 heteroatoms. The number of hydrogen-bond donors (Lipinski definition) is 0. The van der Waals surface area contributed by atoms with E-state index in [1.54, 1.807) is 0 Å². The number of benzene rings is 2. The first-order valence-electron chi connectivity index (χ1n) is 10.9. The number of fused-ring (bicyclic) bond motifs is 1. The molecule has 0 bridgehead atoms. The van der Waals surface area contributed by atoms with Gasteiger partial charge in [0, 0.05) is 36.3 Å². The number of rotatable bonds is 4. The molecular weight excluding hydrogens is 360 g/mol. The Hall–Kier alpha value is -2.62. The lowest BCUT2D eigenvalue weighted by Crippen LogP contribution is -2.43. The van der Waals surface area contributed by atoms with Crippen molar-refractivity contribution in [3.8, 4) is 0 Å². The maximum atomic E-state index is 13.2. The third kappa shape index (κ3) is 4.07. The Morgan fingerprint density at radius 1 is 0.931 bits per heavy atom. The van der Waals surface area contributed by atoms with Crippen molar-refractivity contribution < 1.29 is 9.59 Å². The van der Waals surface area contributed by atoms with Crippen molar-refractivity contribution in [2.24, 2.45) is 11.8 Å². The zero-order valence-electron chi connectivity index (χ0n) is 17.2. The number of anilines is 2. The van der Waals surface area contributed by atoms with E-state index in [0.29, 0.717) is 6.54 Å². The quantitative estimate of drug-likeness (QED) is 0.751. The highest BCUT2D eigenvalue weighted by Crippen LogP contribution is 2.35. The van der Waals surface area contributed by atoms with Crippen LogP contribution < -0.4 is 9.80 Å². The fourth-order valence-corrected chi connectivity index (χ4v) is 4.86. The molecule has 1 aliphatic heterocycles. The smallest absolute Gasteiger partial charge is 0.230 e. The molecule has 4 rings (SSSR count). The molecule has 4 nitrogen and oxygen atoms in total. The topological polar surface area (TPSA) is 40.6 Å². The summed E-state index contributed by atoms with van der Waals surface area (Å²) >= 11 is 0. The summed E-state index contributed by atoms with van der Waals surface area (Å²) in [6.07, 6.45) is 5.29. The minimum Gasteiger partial charge on any atom is -0.312 e. The molecule has 0 saturated heterocycles. The number of nitrogens with zero attached hydrogens (tertiary/aromatic N) is 2. The van der Waals surface area contributed by atoms with Crippen molar-refractivity contribution in [1.29, 1.82) is 0 Å². The lowest BCUT2D eigenvalue weighted by molar-refractivity contribution is -0.127. The molecule has 29 heavy (non-hydrogen) atoms. The molecule has 0 atom stereocenters. The largest absolute Gasteiger partial charge is 0.312 e. The summed E-state index contributed by atoms with van der Waals surface area (Å²) in [5.41, 5.74) is 3.32. The van der Waals surface area contributed by atoms with Crippen molar-refractivity contribution in [3.05, 3.63) is 60.2 Å². The average molecular weight is 391 g/mol. The first-order chi connectivity index (χ1) is 14.2. The van der Waals surface area contributed by atoms with Crippen molar-refractivity contribution >= 4 is 23.2 Å². The Balaban J connectivity index is 1.39. The van der Waals surface area contributed by atoms with E-state index in [2.05, 4.69) is 18.2 Å². The molecule has 0 spiro atoms. The molecule has 0 aromatic heterocycles. The van der Waals surface area contributed by atoms with Crippen LogP contribution in [0.3, 0.4) is 0 Å². The molecule has 2 aliphatic rings. The summed E-state index contributed by atoms with van der Waals surface area (Å²) in [4.78, 5) is 30.2. The average Bonchev–Trinajstić information content (AvgIpc) is 2.79. The molecule has 2 aromatic rings. The van der Waals surface area contributed by atoms with Gasteiger partial charge in [-0.25, -0.2) is 0 Å². The fourth-order valence-electron chi connectivity index (χ4n) is 4.86. The lowest BCUT2D eigenvalue weighted by Gasteiger charge is -2.36. The summed E-state index contributed by atoms with van der Waals surface area (Å²) in [7, 11) is 0. The molecule has 2 aromatic carbocycles. The van der Waals surface area contributed by atoms with Crippen LogP contribution in [-0.4, -0.2) is 24.9 Å². The molecule has 1 saturated carbocycles. The van der Waals surface area contributed by atoms with Crippen LogP contribution in [0.5, 0.6) is 0 Å². The van der Waals surface area contributed by atoms with Gasteiger partial charge >= 0.3 is 0 Å². The highest BCUT2D eigenvalue weighted by atomic mass is 16.2.